The number of aromatic amines is 1. The first-order chi connectivity index (χ1) is 9.90. The molecule has 0 radical (unpaired) electrons. The van der Waals surface area contributed by atoms with Crippen LogP contribution in [0.25, 0.3) is 11.6 Å². The van der Waals surface area contributed by atoms with Gasteiger partial charge >= 0.3 is 0 Å². The molecule has 106 valence electrons. The van der Waals surface area contributed by atoms with Crippen molar-refractivity contribution in [1.82, 2.24) is 20.3 Å². The summed E-state index contributed by atoms with van der Waals surface area (Å²) in [5, 5.41) is 11.5. The van der Waals surface area contributed by atoms with E-state index in [9.17, 15) is 0 Å². The molecule has 0 bridgehead atoms. The van der Waals surface area contributed by atoms with Crippen LogP contribution in [0.2, 0.25) is 0 Å². The second kappa shape index (κ2) is 5.01. The van der Waals surface area contributed by atoms with E-state index in [1.807, 2.05) is 0 Å². The van der Waals surface area contributed by atoms with Crippen LogP contribution in [-0.2, 0) is 24.0 Å². The van der Waals surface area contributed by atoms with Gasteiger partial charge in [0.05, 0.1) is 6.10 Å². The third-order valence-electron chi connectivity index (χ3n) is 4.16. The highest BCUT2D eigenvalue weighted by molar-refractivity contribution is 5.54. The molecule has 1 aliphatic heterocycles. The van der Waals surface area contributed by atoms with Crippen molar-refractivity contribution >= 4 is 0 Å². The average molecular weight is 274 g/mol. The molecule has 0 amide bonds. The topological polar surface area (TPSA) is 76.8 Å². The maximum atomic E-state index is 5.60. The molecule has 1 atom stereocenters. The Kier molecular flexibility index (Phi) is 3.03. The molecular formula is C14H18N4O2. The monoisotopic (exact) mass is 274 g/mol. The van der Waals surface area contributed by atoms with Gasteiger partial charge in [-0.05, 0) is 38.5 Å². The summed E-state index contributed by atoms with van der Waals surface area (Å²) in [5.41, 5.74) is 3.32. The van der Waals surface area contributed by atoms with E-state index in [4.69, 9.17) is 9.26 Å². The number of rotatable bonds is 3. The predicted octanol–water partition coefficient (Wildman–Crippen LogP) is 2.06. The highest BCUT2D eigenvalue weighted by Crippen LogP contribution is 2.28. The first kappa shape index (κ1) is 12.1. The molecule has 6 nitrogen and oxygen atoms in total. The normalized spacial score (nSPS) is 22.1. The fraction of sp³-hybridized carbons (Fsp3) is 0.643. The van der Waals surface area contributed by atoms with Crippen molar-refractivity contribution in [1.29, 1.82) is 0 Å². The largest absolute Gasteiger partial charge is 0.378 e. The molecule has 3 heterocycles. The van der Waals surface area contributed by atoms with Gasteiger partial charge in [-0.25, -0.2) is 0 Å². The standard InChI is InChI=1S/C14H18N4O2/c1-2-6-11-10(5-1)13(17-16-11)14-15-12(18-20-14)8-9-4-3-7-19-9/h9H,1-8H2,(H,16,17)/t9-/m1/s1. The summed E-state index contributed by atoms with van der Waals surface area (Å²) in [6.07, 6.45) is 7.73. The van der Waals surface area contributed by atoms with Crippen molar-refractivity contribution < 1.29 is 9.26 Å². The van der Waals surface area contributed by atoms with Crippen LogP contribution in [0, 0.1) is 0 Å². The van der Waals surface area contributed by atoms with Gasteiger partial charge in [-0.1, -0.05) is 5.16 Å². The smallest absolute Gasteiger partial charge is 0.278 e. The summed E-state index contributed by atoms with van der Waals surface area (Å²) in [6.45, 7) is 0.849. The van der Waals surface area contributed by atoms with Gasteiger partial charge in [0.15, 0.2) is 11.5 Å². The van der Waals surface area contributed by atoms with Crippen molar-refractivity contribution in [2.75, 3.05) is 6.61 Å². The van der Waals surface area contributed by atoms with Crippen LogP contribution in [0.15, 0.2) is 4.52 Å². The molecule has 0 aromatic carbocycles. The second-order valence-electron chi connectivity index (χ2n) is 5.59. The predicted molar refractivity (Wildman–Crippen MR) is 71.2 cm³/mol. The number of aryl methyl sites for hydroxylation is 1. The number of nitrogens with one attached hydrogen (secondary N) is 1. The molecule has 2 aromatic heterocycles. The molecule has 1 saturated heterocycles. The van der Waals surface area contributed by atoms with Gasteiger partial charge in [0.25, 0.3) is 5.89 Å². The molecule has 1 aliphatic carbocycles. The third kappa shape index (κ3) is 2.14. The Labute approximate surface area is 116 Å². The van der Waals surface area contributed by atoms with E-state index in [1.54, 1.807) is 0 Å². The average Bonchev–Trinajstić information content (AvgIpc) is 3.18. The van der Waals surface area contributed by atoms with E-state index in [0.29, 0.717) is 5.89 Å². The first-order valence-corrected chi connectivity index (χ1v) is 7.41. The minimum Gasteiger partial charge on any atom is -0.378 e. The summed E-state index contributed by atoms with van der Waals surface area (Å²) in [6, 6.07) is 0. The van der Waals surface area contributed by atoms with Crippen molar-refractivity contribution in [3.63, 3.8) is 0 Å². The van der Waals surface area contributed by atoms with Gasteiger partial charge in [-0.15, -0.1) is 0 Å². The number of aromatic nitrogens is 4. The Bertz CT molecular complexity index is 598. The minimum absolute atomic E-state index is 0.244. The van der Waals surface area contributed by atoms with E-state index < -0.39 is 0 Å². The number of ether oxygens (including phenoxy) is 1. The minimum atomic E-state index is 0.244. The van der Waals surface area contributed by atoms with Gasteiger partial charge < -0.3 is 9.26 Å². The van der Waals surface area contributed by atoms with Crippen LogP contribution in [0.1, 0.15) is 42.8 Å². The van der Waals surface area contributed by atoms with Gasteiger partial charge in [0, 0.05) is 24.3 Å². The molecule has 2 aliphatic rings. The number of fused-ring (bicyclic) bond motifs is 1. The van der Waals surface area contributed by atoms with Gasteiger partial charge in [0.2, 0.25) is 0 Å². The lowest BCUT2D eigenvalue weighted by Crippen LogP contribution is -2.09. The molecule has 6 heteroatoms. The quantitative estimate of drug-likeness (QED) is 0.927. The second-order valence-corrected chi connectivity index (χ2v) is 5.59. The zero-order valence-corrected chi connectivity index (χ0v) is 11.4. The zero-order chi connectivity index (χ0) is 13.4. The van der Waals surface area contributed by atoms with Crippen LogP contribution in [0.4, 0.5) is 0 Å². The van der Waals surface area contributed by atoms with Gasteiger partial charge in [-0.2, -0.15) is 10.1 Å². The summed E-state index contributed by atoms with van der Waals surface area (Å²) in [7, 11) is 0. The lowest BCUT2D eigenvalue weighted by molar-refractivity contribution is 0.109. The van der Waals surface area contributed by atoms with Crippen LogP contribution < -0.4 is 0 Å². The number of hydrogen-bond donors (Lipinski definition) is 1. The van der Waals surface area contributed by atoms with E-state index in [-0.39, 0.29) is 6.10 Å². The van der Waals surface area contributed by atoms with E-state index in [0.717, 1.165) is 50.2 Å². The molecule has 4 rings (SSSR count). The van der Waals surface area contributed by atoms with E-state index in [2.05, 4.69) is 20.3 Å². The molecule has 0 spiro atoms. The van der Waals surface area contributed by atoms with E-state index in [1.165, 1.54) is 24.1 Å². The van der Waals surface area contributed by atoms with Crippen LogP contribution >= 0.6 is 0 Å². The van der Waals surface area contributed by atoms with Crippen LogP contribution in [0.3, 0.4) is 0 Å². The van der Waals surface area contributed by atoms with E-state index >= 15 is 0 Å². The summed E-state index contributed by atoms with van der Waals surface area (Å²) in [4.78, 5) is 4.48. The summed E-state index contributed by atoms with van der Waals surface area (Å²) >= 11 is 0. The lowest BCUT2D eigenvalue weighted by atomic mass is 9.96. The molecule has 20 heavy (non-hydrogen) atoms. The first-order valence-electron chi connectivity index (χ1n) is 7.41. The number of nitrogens with zero attached hydrogens (tertiary/aromatic N) is 3. The highest BCUT2D eigenvalue weighted by Gasteiger charge is 2.23. The fourth-order valence-electron chi connectivity index (χ4n) is 3.10. The van der Waals surface area contributed by atoms with Gasteiger partial charge in [-0.3, -0.25) is 5.10 Å². The Balaban J connectivity index is 1.56. The Morgan fingerprint density at radius 2 is 2.15 bits per heavy atom. The molecule has 1 fully saturated rings. The maximum Gasteiger partial charge on any atom is 0.278 e. The Hall–Kier alpha value is -1.69. The molecule has 1 N–H and O–H groups in total. The molecule has 0 unspecified atom stereocenters. The molecule has 0 saturated carbocycles. The molecule has 2 aromatic rings. The highest BCUT2D eigenvalue weighted by atomic mass is 16.5. The van der Waals surface area contributed by atoms with Crippen LogP contribution in [-0.4, -0.2) is 33.0 Å². The summed E-state index contributed by atoms with van der Waals surface area (Å²) < 4.78 is 11.0. The van der Waals surface area contributed by atoms with Crippen molar-refractivity contribution in [3.8, 4) is 11.6 Å². The zero-order valence-electron chi connectivity index (χ0n) is 11.4. The Morgan fingerprint density at radius 3 is 3.05 bits per heavy atom. The maximum absolute atomic E-state index is 5.60. The Morgan fingerprint density at radius 1 is 1.20 bits per heavy atom. The summed E-state index contributed by atoms with van der Waals surface area (Å²) in [5.74, 6) is 1.26. The van der Waals surface area contributed by atoms with Crippen molar-refractivity contribution in [2.45, 2.75) is 51.0 Å². The fourth-order valence-corrected chi connectivity index (χ4v) is 3.10. The number of hydrogen-bond acceptors (Lipinski definition) is 5. The van der Waals surface area contributed by atoms with Crippen LogP contribution in [0.5, 0.6) is 0 Å². The SMILES string of the molecule is C1CCc2c(-c3nc(C[C@H]4CCCO4)no3)n[nH]c2C1. The van der Waals surface area contributed by atoms with Crippen molar-refractivity contribution in [3.05, 3.63) is 17.1 Å². The third-order valence-corrected chi connectivity index (χ3v) is 4.16. The van der Waals surface area contributed by atoms with Gasteiger partial charge in [0.1, 0.15) is 0 Å². The molecular weight excluding hydrogens is 256 g/mol. The number of H-pyrrole nitrogens is 1. The van der Waals surface area contributed by atoms with Crippen molar-refractivity contribution in [2.24, 2.45) is 0 Å². The lowest BCUT2D eigenvalue weighted by Gasteiger charge is -2.09.